The van der Waals surface area contributed by atoms with E-state index in [9.17, 15) is 18.4 Å². The van der Waals surface area contributed by atoms with E-state index in [-0.39, 0.29) is 23.9 Å². The molecule has 0 spiro atoms. The van der Waals surface area contributed by atoms with Gasteiger partial charge in [-0.25, -0.2) is 8.78 Å². The first-order chi connectivity index (χ1) is 13.4. The third-order valence-electron chi connectivity index (χ3n) is 4.11. The van der Waals surface area contributed by atoms with Gasteiger partial charge in [0.1, 0.15) is 0 Å². The molecule has 4 nitrogen and oxygen atoms in total. The third kappa shape index (κ3) is 6.96. The summed E-state index contributed by atoms with van der Waals surface area (Å²) < 4.78 is 26.0. The van der Waals surface area contributed by atoms with E-state index in [1.165, 1.54) is 6.07 Å². The molecule has 0 radical (unpaired) electrons. The fourth-order valence-corrected chi connectivity index (χ4v) is 3.49. The van der Waals surface area contributed by atoms with Crippen LogP contribution in [-0.2, 0) is 9.59 Å². The zero-order valence-electron chi connectivity index (χ0n) is 16.0. The molecule has 0 bridgehead atoms. The number of rotatable bonds is 9. The maximum atomic E-state index is 13.1. The van der Waals surface area contributed by atoms with E-state index in [1.807, 2.05) is 32.0 Å². The number of hydrogen-bond acceptors (Lipinski definition) is 3. The third-order valence-corrected chi connectivity index (χ3v) is 5.19. The minimum absolute atomic E-state index is 0.0194. The molecule has 2 N–H and O–H groups in total. The van der Waals surface area contributed by atoms with Crippen molar-refractivity contribution in [2.45, 2.75) is 33.1 Å². The quantitative estimate of drug-likeness (QED) is 0.572. The van der Waals surface area contributed by atoms with Gasteiger partial charge in [-0.15, -0.1) is 0 Å². The molecule has 2 aromatic rings. The lowest BCUT2D eigenvalue weighted by Gasteiger charge is -2.11. The monoisotopic (exact) mass is 406 g/mol. The Labute approximate surface area is 168 Å². The first-order valence-electron chi connectivity index (χ1n) is 9.05. The molecular formula is C21H24F2N2O2S. The van der Waals surface area contributed by atoms with E-state index in [0.717, 1.165) is 34.7 Å². The van der Waals surface area contributed by atoms with Crippen molar-refractivity contribution in [3.05, 3.63) is 59.2 Å². The predicted octanol–water partition coefficient (Wildman–Crippen LogP) is 5.06. The average Bonchev–Trinajstić information content (AvgIpc) is 2.64. The highest BCUT2D eigenvalue weighted by atomic mass is 32.2. The van der Waals surface area contributed by atoms with Gasteiger partial charge in [-0.1, -0.05) is 18.2 Å². The molecule has 0 saturated heterocycles. The largest absolute Gasteiger partial charge is 0.326 e. The van der Waals surface area contributed by atoms with Crippen molar-refractivity contribution in [1.29, 1.82) is 0 Å². The molecule has 7 heteroatoms. The number of thioether (sulfide) groups is 1. The first kappa shape index (κ1) is 21.9. The van der Waals surface area contributed by atoms with Crippen molar-refractivity contribution in [3.63, 3.8) is 0 Å². The van der Waals surface area contributed by atoms with Crippen LogP contribution in [-0.4, -0.2) is 23.3 Å². The summed E-state index contributed by atoms with van der Waals surface area (Å²) in [7, 11) is 0. The number of carbonyl (C=O) groups is 2. The Morgan fingerprint density at radius 1 is 0.893 bits per heavy atom. The summed E-state index contributed by atoms with van der Waals surface area (Å²) >= 11 is 1.58. The topological polar surface area (TPSA) is 58.2 Å². The van der Waals surface area contributed by atoms with E-state index in [0.29, 0.717) is 18.6 Å². The van der Waals surface area contributed by atoms with Crippen LogP contribution in [0.4, 0.5) is 20.2 Å². The Bertz CT molecular complexity index is 823. The summed E-state index contributed by atoms with van der Waals surface area (Å²) in [6.45, 7) is 3.92. The Balaban J connectivity index is 1.60. The minimum Gasteiger partial charge on any atom is -0.326 e. The predicted molar refractivity (Wildman–Crippen MR) is 111 cm³/mol. The van der Waals surface area contributed by atoms with Crippen molar-refractivity contribution in [2.24, 2.45) is 0 Å². The highest BCUT2D eigenvalue weighted by Crippen LogP contribution is 2.20. The van der Waals surface area contributed by atoms with Gasteiger partial charge in [-0.2, -0.15) is 11.8 Å². The molecule has 0 aliphatic rings. The van der Waals surface area contributed by atoms with Gasteiger partial charge in [0.2, 0.25) is 11.8 Å². The number of anilines is 2. The zero-order chi connectivity index (χ0) is 20.5. The van der Waals surface area contributed by atoms with Crippen molar-refractivity contribution >= 4 is 35.0 Å². The van der Waals surface area contributed by atoms with E-state index < -0.39 is 11.6 Å². The van der Waals surface area contributed by atoms with Gasteiger partial charge in [0, 0.05) is 36.0 Å². The average molecular weight is 406 g/mol. The van der Waals surface area contributed by atoms with Gasteiger partial charge < -0.3 is 10.6 Å². The minimum atomic E-state index is -0.994. The second-order valence-corrected chi connectivity index (χ2v) is 7.68. The van der Waals surface area contributed by atoms with Crippen LogP contribution >= 0.6 is 11.8 Å². The van der Waals surface area contributed by atoms with Gasteiger partial charge in [-0.3, -0.25) is 9.59 Å². The molecule has 0 fully saturated rings. The van der Waals surface area contributed by atoms with Crippen LogP contribution < -0.4 is 10.6 Å². The molecule has 0 aliphatic carbocycles. The van der Waals surface area contributed by atoms with Crippen LogP contribution in [0, 0.1) is 25.5 Å². The molecule has 2 aromatic carbocycles. The van der Waals surface area contributed by atoms with Crippen molar-refractivity contribution in [1.82, 2.24) is 0 Å². The number of hydrogen-bond donors (Lipinski definition) is 2. The molecule has 0 saturated carbocycles. The standard InChI is InChI=1S/C21H24F2N2O2S/c1-14-5-3-6-15(2)21(14)25-19(26)7-4-11-28-12-10-20(27)24-16-8-9-17(22)18(23)13-16/h3,5-6,8-9,13H,4,7,10-12H2,1-2H3,(H,24,27)(H,25,26). The van der Waals surface area contributed by atoms with Crippen LogP contribution in [0.1, 0.15) is 30.4 Å². The summed E-state index contributed by atoms with van der Waals surface area (Å²) in [5, 5.41) is 5.49. The zero-order valence-corrected chi connectivity index (χ0v) is 16.8. The van der Waals surface area contributed by atoms with Gasteiger partial charge in [0.25, 0.3) is 0 Å². The molecule has 2 rings (SSSR count). The second kappa shape index (κ2) is 10.8. The number of carbonyl (C=O) groups excluding carboxylic acids is 2. The summed E-state index contributed by atoms with van der Waals surface area (Å²) in [6, 6.07) is 9.13. The molecule has 0 atom stereocenters. The number of benzene rings is 2. The molecular weight excluding hydrogens is 382 g/mol. The Kier molecular flexibility index (Phi) is 8.44. The lowest BCUT2D eigenvalue weighted by atomic mass is 10.1. The second-order valence-electron chi connectivity index (χ2n) is 6.46. The normalized spacial score (nSPS) is 10.6. The maximum absolute atomic E-state index is 13.1. The number of aryl methyl sites for hydroxylation is 2. The van der Waals surface area contributed by atoms with E-state index in [1.54, 1.807) is 11.8 Å². The van der Waals surface area contributed by atoms with Crippen LogP contribution in [0.5, 0.6) is 0 Å². The number of amides is 2. The summed E-state index contributed by atoms with van der Waals surface area (Å²) in [4.78, 5) is 23.9. The molecule has 28 heavy (non-hydrogen) atoms. The lowest BCUT2D eigenvalue weighted by Crippen LogP contribution is -2.14. The van der Waals surface area contributed by atoms with Crippen molar-refractivity contribution < 1.29 is 18.4 Å². The summed E-state index contributed by atoms with van der Waals surface area (Å²) in [5.74, 6) is -0.867. The highest BCUT2D eigenvalue weighted by molar-refractivity contribution is 7.99. The fourth-order valence-electron chi connectivity index (χ4n) is 2.61. The molecule has 0 heterocycles. The molecule has 0 unspecified atom stereocenters. The SMILES string of the molecule is Cc1cccc(C)c1NC(=O)CCCSCCC(=O)Nc1ccc(F)c(F)c1. The molecule has 0 aromatic heterocycles. The van der Waals surface area contributed by atoms with Crippen molar-refractivity contribution in [2.75, 3.05) is 22.1 Å². The van der Waals surface area contributed by atoms with Gasteiger partial charge in [0.15, 0.2) is 11.6 Å². The van der Waals surface area contributed by atoms with Crippen LogP contribution in [0.25, 0.3) is 0 Å². The van der Waals surface area contributed by atoms with Gasteiger partial charge >= 0.3 is 0 Å². The number of halogens is 2. The number of para-hydroxylation sites is 1. The lowest BCUT2D eigenvalue weighted by molar-refractivity contribution is -0.116. The number of nitrogens with one attached hydrogen (secondary N) is 2. The van der Waals surface area contributed by atoms with Crippen LogP contribution in [0.2, 0.25) is 0 Å². The van der Waals surface area contributed by atoms with Crippen molar-refractivity contribution in [3.8, 4) is 0 Å². The summed E-state index contributed by atoms with van der Waals surface area (Å²) in [6.07, 6.45) is 1.40. The Morgan fingerprint density at radius 2 is 1.57 bits per heavy atom. The fraction of sp³-hybridized carbons (Fsp3) is 0.333. The van der Waals surface area contributed by atoms with E-state index in [2.05, 4.69) is 10.6 Å². The highest BCUT2D eigenvalue weighted by Gasteiger charge is 2.08. The Hall–Kier alpha value is -2.41. The molecule has 150 valence electrons. The van der Waals surface area contributed by atoms with Crippen LogP contribution in [0.3, 0.4) is 0 Å². The Morgan fingerprint density at radius 3 is 2.25 bits per heavy atom. The van der Waals surface area contributed by atoms with E-state index >= 15 is 0 Å². The van der Waals surface area contributed by atoms with Gasteiger partial charge in [0.05, 0.1) is 0 Å². The molecule has 2 amide bonds. The smallest absolute Gasteiger partial charge is 0.225 e. The molecule has 0 aliphatic heterocycles. The van der Waals surface area contributed by atoms with Crippen LogP contribution in [0.15, 0.2) is 36.4 Å². The van der Waals surface area contributed by atoms with Gasteiger partial charge in [-0.05, 0) is 49.3 Å². The van der Waals surface area contributed by atoms with E-state index in [4.69, 9.17) is 0 Å². The first-order valence-corrected chi connectivity index (χ1v) is 10.2. The summed E-state index contributed by atoms with van der Waals surface area (Å²) in [5.41, 5.74) is 3.18. The maximum Gasteiger partial charge on any atom is 0.225 e.